The summed E-state index contributed by atoms with van der Waals surface area (Å²) in [6.45, 7) is -0.557. The maximum Gasteiger partial charge on any atom is 0.434 e. The minimum Gasteiger partial charge on any atom is -0.343 e. The summed E-state index contributed by atoms with van der Waals surface area (Å²) >= 11 is 5.84. The Balaban J connectivity index is 1.77. The van der Waals surface area contributed by atoms with Gasteiger partial charge in [-0.2, -0.15) is 18.3 Å². The number of alkyl halides is 3. The fraction of sp³-hybridized carbons (Fsp3) is 0.0952. The molecular formula is C21H14ClF3N4O2. The molecule has 0 bridgehead atoms. The zero-order chi connectivity index (χ0) is 22.6. The molecule has 0 aliphatic carbocycles. The molecular weight excluding hydrogens is 433 g/mol. The van der Waals surface area contributed by atoms with E-state index in [2.05, 4.69) is 21.7 Å². The highest BCUT2D eigenvalue weighted by molar-refractivity contribution is 6.30. The Labute approximate surface area is 180 Å². The van der Waals surface area contributed by atoms with Gasteiger partial charge in [-0.1, -0.05) is 29.7 Å². The van der Waals surface area contributed by atoms with Crippen LogP contribution in [0.1, 0.15) is 21.6 Å². The highest BCUT2D eigenvalue weighted by atomic mass is 35.5. The number of aromatic nitrogens is 2. The summed E-state index contributed by atoms with van der Waals surface area (Å²) in [6, 6.07) is 12.0. The average molecular weight is 447 g/mol. The van der Waals surface area contributed by atoms with Crippen LogP contribution in [0.5, 0.6) is 0 Å². The van der Waals surface area contributed by atoms with Gasteiger partial charge >= 0.3 is 6.18 Å². The number of terminal acetylenes is 1. The normalized spacial score (nSPS) is 10.9. The van der Waals surface area contributed by atoms with Gasteiger partial charge in [-0.05, 0) is 36.4 Å². The molecule has 3 rings (SSSR count). The predicted molar refractivity (Wildman–Crippen MR) is 109 cm³/mol. The second kappa shape index (κ2) is 8.93. The lowest BCUT2D eigenvalue weighted by Gasteiger charge is -2.13. The number of amides is 2. The minimum atomic E-state index is -4.89. The Morgan fingerprint density at radius 1 is 1.16 bits per heavy atom. The van der Waals surface area contributed by atoms with Gasteiger partial charge in [-0.3, -0.25) is 9.59 Å². The molecule has 2 N–H and O–H groups in total. The molecule has 0 atom stereocenters. The zero-order valence-electron chi connectivity index (χ0n) is 15.7. The van der Waals surface area contributed by atoms with Crippen molar-refractivity contribution in [2.75, 3.05) is 11.9 Å². The fourth-order valence-electron chi connectivity index (χ4n) is 2.74. The molecule has 31 heavy (non-hydrogen) atoms. The standard InChI is InChI=1S/C21H14ClF3N4O2/c1-2-13-5-3-7-15(9-13)28-18(30)12-26-20(31)17-11-27-29(19(17)21(23,24)25)16-8-4-6-14(22)10-16/h1,3-11H,12H2,(H,26,31)(H,28,30). The molecule has 0 fully saturated rings. The zero-order valence-corrected chi connectivity index (χ0v) is 16.5. The maximum atomic E-state index is 13.7. The van der Waals surface area contributed by atoms with Crippen LogP contribution in [0.3, 0.4) is 0 Å². The molecule has 0 saturated heterocycles. The number of anilines is 1. The van der Waals surface area contributed by atoms with E-state index in [1.165, 1.54) is 30.3 Å². The van der Waals surface area contributed by atoms with Crippen LogP contribution < -0.4 is 10.6 Å². The van der Waals surface area contributed by atoms with E-state index >= 15 is 0 Å². The number of nitrogens with one attached hydrogen (secondary N) is 2. The number of carbonyl (C=O) groups is 2. The maximum absolute atomic E-state index is 13.7. The number of benzene rings is 2. The number of hydrogen-bond donors (Lipinski definition) is 2. The quantitative estimate of drug-likeness (QED) is 0.584. The Kier molecular flexibility index (Phi) is 6.32. The summed E-state index contributed by atoms with van der Waals surface area (Å²) in [7, 11) is 0. The van der Waals surface area contributed by atoms with Crippen molar-refractivity contribution in [3.8, 4) is 18.0 Å². The number of carbonyl (C=O) groups excluding carboxylic acids is 2. The molecule has 10 heteroatoms. The van der Waals surface area contributed by atoms with Crippen LogP contribution in [0.25, 0.3) is 5.69 Å². The number of halogens is 4. The molecule has 158 valence electrons. The van der Waals surface area contributed by atoms with Gasteiger partial charge < -0.3 is 10.6 Å². The molecule has 0 spiro atoms. The lowest BCUT2D eigenvalue weighted by atomic mass is 10.2. The van der Waals surface area contributed by atoms with Crippen molar-refractivity contribution < 1.29 is 22.8 Å². The predicted octanol–water partition coefficient (Wildman–Crippen LogP) is 3.89. The van der Waals surface area contributed by atoms with Gasteiger partial charge in [0.25, 0.3) is 5.91 Å². The third-order valence-corrected chi connectivity index (χ3v) is 4.29. The smallest absolute Gasteiger partial charge is 0.343 e. The SMILES string of the molecule is C#Cc1cccc(NC(=O)CNC(=O)c2cnn(-c3cccc(Cl)c3)c2C(F)(F)F)c1. The minimum absolute atomic E-state index is 0.0324. The molecule has 0 saturated carbocycles. The van der Waals surface area contributed by atoms with Crippen molar-refractivity contribution in [1.29, 1.82) is 0 Å². The van der Waals surface area contributed by atoms with Gasteiger partial charge in [0.15, 0.2) is 5.69 Å². The highest BCUT2D eigenvalue weighted by Crippen LogP contribution is 2.34. The highest BCUT2D eigenvalue weighted by Gasteiger charge is 2.40. The second-order valence-electron chi connectivity index (χ2n) is 6.25. The topological polar surface area (TPSA) is 76.0 Å². The first-order chi connectivity index (χ1) is 14.7. The third kappa shape index (κ3) is 5.24. The van der Waals surface area contributed by atoms with Crippen molar-refractivity contribution in [1.82, 2.24) is 15.1 Å². The molecule has 0 aliphatic heterocycles. The van der Waals surface area contributed by atoms with Crippen LogP contribution >= 0.6 is 11.6 Å². The van der Waals surface area contributed by atoms with Gasteiger partial charge in [0.2, 0.25) is 5.91 Å². The number of rotatable bonds is 5. The number of hydrogen-bond acceptors (Lipinski definition) is 3. The molecule has 0 aliphatic rings. The molecule has 3 aromatic rings. The van der Waals surface area contributed by atoms with Gasteiger partial charge in [-0.15, -0.1) is 6.42 Å². The second-order valence-corrected chi connectivity index (χ2v) is 6.69. The lowest BCUT2D eigenvalue weighted by Crippen LogP contribution is -2.34. The van der Waals surface area contributed by atoms with Crippen molar-refractivity contribution in [3.05, 3.63) is 76.6 Å². The summed E-state index contributed by atoms with van der Waals surface area (Å²) in [5.74, 6) is 0.663. The van der Waals surface area contributed by atoms with Crippen molar-refractivity contribution in [2.45, 2.75) is 6.18 Å². The summed E-state index contributed by atoms with van der Waals surface area (Å²) in [5, 5.41) is 8.56. The Morgan fingerprint density at radius 3 is 2.58 bits per heavy atom. The monoisotopic (exact) mass is 446 g/mol. The van der Waals surface area contributed by atoms with Crippen molar-refractivity contribution in [3.63, 3.8) is 0 Å². The third-order valence-electron chi connectivity index (χ3n) is 4.06. The van der Waals surface area contributed by atoms with E-state index in [0.717, 1.165) is 6.20 Å². The summed E-state index contributed by atoms with van der Waals surface area (Å²) in [5.41, 5.74) is -1.06. The average Bonchev–Trinajstić information content (AvgIpc) is 3.18. The van der Waals surface area contributed by atoms with Crippen LogP contribution in [-0.2, 0) is 11.0 Å². The van der Waals surface area contributed by atoms with Gasteiger partial charge in [0.05, 0.1) is 24.0 Å². The molecule has 0 unspecified atom stereocenters. The van der Waals surface area contributed by atoms with Crippen molar-refractivity contribution in [2.24, 2.45) is 0 Å². The van der Waals surface area contributed by atoms with E-state index < -0.39 is 35.8 Å². The van der Waals surface area contributed by atoms with E-state index in [4.69, 9.17) is 18.0 Å². The van der Waals surface area contributed by atoms with Crippen molar-refractivity contribution >= 4 is 29.1 Å². The first-order valence-corrected chi connectivity index (χ1v) is 9.12. The molecule has 6 nitrogen and oxygen atoms in total. The van der Waals surface area contributed by atoms with Gasteiger partial charge in [0.1, 0.15) is 0 Å². The fourth-order valence-corrected chi connectivity index (χ4v) is 2.92. The molecule has 2 aromatic carbocycles. The van der Waals surface area contributed by atoms with Crippen LogP contribution in [0.2, 0.25) is 5.02 Å². The first-order valence-electron chi connectivity index (χ1n) is 8.75. The Morgan fingerprint density at radius 2 is 1.90 bits per heavy atom. The van der Waals surface area contributed by atoms with Gasteiger partial charge in [-0.25, -0.2) is 4.68 Å². The summed E-state index contributed by atoms with van der Waals surface area (Å²) < 4.78 is 41.6. The molecule has 1 heterocycles. The Bertz CT molecular complexity index is 1180. The van der Waals surface area contributed by atoms with Crippen LogP contribution in [0.4, 0.5) is 18.9 Å². The van der Waals surface area contributed by atoms with E-state index in [-0.39, 0.29) is 10.7 Å². The Hall–Kier alpha value is -3.77. The largest absolute Gasteiger partial charge is 0.434 e. The first kappa shape index (κ1) is 21.9. The van der Waals surface area contributed by atoms with E-state index in [1.54, 1.807) is 18.2 Å². The molecule has 1 aromatic heterocycles. The molecule has 2 amide bonds. The van der Waals surface area contributed by atoms with E-state index in [9.17, 15) is 22.8 Å². The van der Waals surface area contributed by atoms with Gasteiger partial charge in [0, 0.05) is 16.3 Å². The lowest BCUT2D eigenvalue weighted by molar-refractivity contribution is -0.143. The van der Waals surface area contributed by atoms with E-state index in [0.29, 0.717) is 15.9 Å². The van der Waals surface area contributed by atoms with E-state index in [1.807, 2.05) is 0 Å². The number of nitrogens with zero attached hydrogens (tertiary/aromatic N) is 2. The molecule has 0 radical (unpaired) electrons. The summed E-state index contributed by atoms with van der Waals surface area (Å²) in [4.78, 5) is 24.4. The van der Waals surface area contributed by atoms with Crippen LogP contribution in [0.15, 0.2) is 54.7 Å². The van der Waals surface area contributed by atoms with Crippen LogP contribution in [0, 0.1) is 12.3 Å². The summed E-state index contributed by atoms with van der Waals surface area (Å²) in [6.07, 6.45) is 1.19. The van der Waals surface area contributed by atoms with Crippen LogP contribution in [-0.4, -0.2) is 28.1 Å².